The zero-order chi connectivity index (χ0) is 12.8. The number of carbonyl (C=O) groups excluding carboxylic acids is 1. The standard InChI is InChI=1S/C15H27NO2/c1-16(11-13-7-9-18-10-8-13)12-14-5-3-2-4-6-15(14)17/h13-14H,2-12H2,1H3. The molecule has 1 aliphatic heterocycles. The predicted octanol–water partition coefficient (Wildman–Crippen LogP) is 2.49. The van der Waals surface area contributed by atoms with Crippen LogP contribution in [0.2, 0.25) is 0 Å². The van der Waals surface area contributed by atoms with Crippen molar-refractivity contribution < 1.29 is 9.53 Å². The van der Waals surface area contributed by atoms with E-state index in [9.17, 15) is 4.79 Å². The van der Waals surface area contributed by atoms with Crippen molar-refractivity contribution in [3.63, 3.8) is 0 Å². The molecule has 1 heterocycles. The fourth-order valence-electron chi connectivity index (χ4n) is 3.25. The molecule has 1 atom stereocenters. The van der Waals surface area contributed by atoms with Crippen LogP contribution in [0.25, 0.3) is 0 Å². The van der Waals surface area contributed by atoms with E-state index >= 15 is 0 Å². The first kappa shape index (κ1) is 14.0. The lowest BCUT2D eigenvalue weighted by molar-refractivity contribution is -0.123. The third kappa shape index (κ3) is 4.36. The van der Waals surface area contributed by atoms with Crippen LogP contribution in [0.3, 0.4) is 0 Å². The molecule has 0 N–H and O–H groups in total. The van der Waals surface area contributed by atoms with Crippen LogP contribution >= 0.6 is 0 Å². The predicted molar refractivity (Wildman–Crippen MR) is 72.6 cm³/mol. The quantitative estimate of drug-likeness (QED) is 0.721. The highest BCUT2D eigenvalue weighted by atomic mass is 16.5. The highest BCUT2D eigenvalue weighted by Crippen LogP contribution is 2.22. The molecule has 0 radical (unpaired) electrons. The monoisotopic (exact) mass is 253 g/mol. The minimum Gasteiger partial charge on any atom is -0.381 e. The maximum absolute atomic E-state index is 12.0. The number of Topliss-reactive ketones (excluding diaryl/α,β-unsaturated/α-hetero) is 1. The van der Waals surface area contributed by atoms with Gasteiger partial charge in [-0.25, -0.2) is 0 Å². The minimum atomic E-state index is 0.303. The maximum atomic E-state index is 12.0. The molecule has 0 amide bonds. The van der Waals surface area contributed by atoms with Crippen molar-refractivity contribution in [2.75, 3.05) is 33.4 Å². The minimum absolute atomic E-state index is 0.303. The van der Waals surface area contributed by atoms with Gasteiger partial charge in [0.25, 0.3) is 0 Å². The molecule has 0 aromatic heterocycles. The highest BCUT2D eigenvalue weighted by molar-refractivity contribution is 5.81. The average Bonchev–Trinajstić information content (AvgIpc) is 2.56. The number of ketones is 1. The summed E-state index contributed by atoms with van der Waals surface area (Å²) in [4.78, 5) is 14.4. The molecular weight excluding hydrogens is 226 g/mol. The van der Waals surface area contributed by atoms with Crippen LogP contribution in [-0.4, -0.2) is 44.0 Å². The Hall–Kier alpha value is -0.410. The topological polar surface area (TPSA) is 29.5 Å². The van der Waals surface area contributed by atoms with Gasteiger partial charge in [0.15, 0.2) is 0 Å². The molecule has 3 nitrogen and oxygen atoms in total. The van der Waals surface area contributed by atoms with Gasteiger partial charge in [0.1, 0.15) is 5.78 Å². The SMILES string of the molecule is CN(CC1CCOCC1)CC1CCCCCC1=O. The van der Waals surface area contributed by atoms with Crippen molar-refractivity contribution in [3.05, 3.63) is 0 Å². The third-order valence-electron chi connectivity index (χ3n) is 4.37. The van der Waals surface area contributed by atoms with Gasteiger partial charge in [-0.2, -0.15) is 0 Å². The van der Waals surface area contributed by atoms with Gasteiger partial charge in [0.2, 0.25) is 0 Å². The van der Waals surface area contributed by atoms with E-state index in [1.165, 1.54) is 25.7 Å². The molecule has 2 aliphatic rings. The van der Waals surface area contributed by atoms with Crippen LogP contribution in [0.1, 0.15) is 44.9 Å². The van der Waals surface area contributed by atoms with E-state index in [1.807, 2.05) is 0 Å². The summed E-state index contributed by atoms with van der Waals surface area (Å²) in [5.41, 5.74) is 0. The third-order valence-corrected chi connectivity index (χ3v) is 4.37. The van der Waals surface area contributed by atoms with Crippen LogP contribution in [0.5, 0.6) is 0 Å². The van der Waals surface area contributed by atoms with E-state index in [2.05, 4.69) is 11.9 Å². The lowest BCUT2D eigenvalue weighted by Gasteiger charge is -2.29. The smallest absolute Gasteiger partial charge is 0.137 e. The van der Waals surface area contributed by atoms with E-state index in [1.54, 1.807) is 0 Å². The normalized spacial score (nSPS) is 27.4. The van der Waals surface area contributed by atoms with Crippen molar-refractivity contribution in [1.29, 1.82) is 0 Å². The molecule has 18 heavy (non-hydrogen) atoms. The second-order valence-electron chi connectivity index (χ2n) is 6.04. The molecule has 3 heteroatoms. The number of nitrogens with zero attached hydrogens (tertiary/aromatic N) is 1. The van der Waals surface area contributed by atoms with E-state index in [-0.39, 0.29) is 0 Å². The van der Waals surface area contributed by atoms with E-state index in [0.717, 1.165) is 51.5 Å². The van der Waals surface area contributed by atoms with E-state index in [0.29, 0.717) is 11.7 Å². The number of rotatable bonds is 4. The summed E-state index contributed by atoms with van der Waals surface area (Å²) in [5, 5.41) is 0. The van der Waals surface area contributed by atoms with E-state index in [4.69, 9.17) is 4.74 Å². The largest absolute Gasteiger partial charge is 0.381 e. The van der Waals surface area contributed by atoms with Crippen molar-refractivity contribution in [2.45, 2.75) is 44.9 Å². The molecular formula is C15H27NO2. The first-order valence-corrected chi connectivity index (χ1v) is 7.54. The fraction of sp³-hybridized carbons (Fsp3) is 0.933. The van der Waals surface area contributed by atoms with Gasteiger partial charge in [0.05, 0.1) is 0 Å². The van der Waals surface area contributed by atoms with Gasteiger partial charge < -0.3 is 9.64 Å². The molecule has 0 spiro atoms. The molecule has 0 bridgehead atoms. The summed E-state index contributed by atoms with van der Waals surface area (Å²) in [6.07, 6.45) is 7.88. The fourth-order valence-corrected chi connectivity index (χ4v) is 3.25. The molecule has 1 aliphatic carbocycles. The van der Waals surface area contributed by atoms with Crippen molar-refractivity contribution in [2.24, 2.45) is 11.8 Å². The van der Waals surface area contributed by atoms with Crippen molar-refractivity contribution in [1.82, 2.24) is 4.90 Å². The second-order valence-corrected chi connectivity index (χ2v) is 6.04. The first-order valence-electron chi connectivity index (χ1n) is 7.54. The molecule has 1 saturated heterocycles. The van der Waals surface area contributed by atoms with Gasteiger partial charge in [-0.15, -0.1) is 0 Å². The lowest BCUT2D eigenvalue weighted by Crippen LogP contribution is -2.35. The molecule has 2 rings (SSSR count). The van der Waals surface area contributed by atoms with Gasteiger partial charge in [-0.1, -0.05) is 12.8 Å². The number of ether oxygens (including phenoxy) is 1. The van der Waals surface area contributed by atoms with Crippen LogP contribution in [-0.2, 0) is 9.53 Å². The molecule has 0 aromatic rings. The summed E-state index contributed by atoms with van der Waals surface area (Å²) in [7, 11) is 2.17. The number of hydrogen-bond acceptors (Lipinski definition) is 3. The number of carbonyl (C=O) groups is 1. The van der Waals surface area contributed by atoms with Gasteiger partial charge >= 0.3 is 0 Å². The molecule has 104 valence electrons. The van der Waals surface area contributed by atoms with Gasteiger partial charge in [0, 0.05) is 38.6 Å². The van der Waals surface area contributed by atoms with Gasteiger partial charge in [-0.05, 0) is 38.6 Å². The summed E-state index contributed by atoms with van der Waals surface area (Å²) in [5.74, 6) is 1.58. The second kappa shape index (κ2) is 7.25. The highest BCUT2D eigenvalue weighted by Gasteiger charge is 2.23. The van der Waals surface area contributed by atoms with Crippen LogP contribution in [0, 0.1) is 11.8 Å². The molecule has 1 saturated carbocycles. The Bertz CT molecular complexity index is 261. The van der Waals surface area contributed by atoms with Gasteiger partial charge in [-0.3, -0.25) is 4.79 Å². The Labute approximate surface area is 111 Å². The average molecular weight is 253 g/mol. The van der Waals surface area contributed by atoms with Crippen LogP contribution < -0.4 is 0 Å². The Morgan fingerprint density at radius 1 is 1.11 bits per heavy atom. The van der Waals surface area contributed by atoms with Crippen LogP contribution in [0.15, 0.2) is 0 Å². The van der Waals surface area contributed by atoms with E-state index < -0.39 is 0 Å². The molecule has 2 fully saturated rings. The molecule has 1 unspecified atom stereocenters. The van der Waals surface area contributed by atoms with Crippen molar-refractivity contribution >= 4 is 5.78 Å². The Balaban J connectivity index is 1.74. The lowest BCUT2D eigenvalue weighted by atomic mass is 9.96. The Morgan fingerprint density at radius 3 is 2.67 bits per heavy atom. The summed E-state index contributed by atoms with van der Waals surface area (Å²) < 4.78 is 5.39. The summed E-state index contributed by atoms with van der Waals surface area (Å²) in [6.45, 7) is 3.94. The summed E-state index contributed by atoms with van der Waals surface area (Å²) in [6, 6.07) is 0. The Kier molecular flexibility index (Phi) is 5.64. The Morgan fingerprint density at radius 2 is 1.89 bits per heavy atom. The number of hydrogen-bond donors (Lipinski definition) is 0. The zero-order valence-electron chi connectivity index (χ0n) is 11.7. The maximum Gasteiger partial charge on any atom is 0.137 e. The van der Waals surface area contributed by atoms with Crippen LogP contribution in [0.4, 0.5) is 0 Å². The molecule has 0 aromatic carbocycles. The zero-order valence-corrected chi connectivity index (χ0v) is 11.7. The first-order chi connectivity index (χ1) is 8.75. The summed E-state index contributed by atoms with van der Waals surface area (Å²) >= 11 is 0. The van der Waals surface area contributed by atoms with Crippen molar-refractivity contribution in [3.8, 4) is 0 Å².